The molecule has 1 fully saturated rings. The minimum Gasteiger partial charge on any atom is -0.338 e. The molecule has 0 atom stereocenters. The molecule has 0 bridgehead atoms. The van der Waals surface area contributed by atoms with Crippen LogP contribution in [-0.2, 0) is 16.1 Å². The molecule has 2 aromatic carbocycles. The summed E-state index contributed by atoms with van der Waals surface area (Å²) in [5.41, 5.74) is 2.92. The molecule has 2 N–H and O–H groups in total. The van der Waals surface area contributed by atoms with Gasteiger partial charge in [0.15, 0.2) is 0 Å². The molecule has 1 aliphatic rings. The van der Waals surface area contributed by atoms with Gasteiger partial charge in [0.1, 0.15) is 0 Å². The van der Waals surface area contributed by atoms with E-state index in [0.717, 1.165) is 18.5 Å². The minimum absolute atomic E-state index is 0.0208. The highest BCUT2D eigenvalue weighted by molar-refractivity contribution is 6.04. The summed E-state index contributed by atoms with van der Waals surface area (Å²) in [5, 5.41) is 5.70. The van der Waals surface area contributed by atoms with Crippen molar-refractivity contribution in [2.75, 3.05) is 17.2 Å². The summed E-state index contributed by atoms with van der Waals surface area (Å²) in [6, 6.07) is 14.4. The standard InChI is InChI=1S/C23H27N3O3/c1-16(2)14-21(27)24-19-9-11-20(12-10-19)25-23(29)18-7-5-17(6-8-18)15-26-13-3-4-22(26)28/h5-12,16H,3-4,13-15H2,1-2H3,(H,24,27)(H,25,29). The molecule has 6 heteroatoms. The van der Waals surface area contributed by atoms with Gasteiger partial charge >= 0.3 is 0 Å². The number of benzene rings is 2. The summed E-state index contributed by atoms with van der Waals surface area (Å²) in [6.45, 7) is 5.38. The fourth-order valence-electron chi connectivity index (χ4n) is 3.28. The highest BCUT2D eigenvalue weighted by Gasteiger charge is 2.20. The molecule has 2 aromatic rings. The molecular formula is C23H27N3O3. The summed E-state index contributed by atoms with van der Waals surface area (Å²) in [4.78, 5) is 37.9. The largest absolute Gasteiger partial charge is 0.338 e. The number of nitrogens with zero attached hydrogens (tertiary/aromatic N) is 1. The lowest BCUT2D eigenvalue weighted by molar-refractivity contribution is -0.128. The Morgan fingerprint density at radius 1 is 0.966 bits per heavy atom. The van der Waals surface area contributed by atoms with Crippen LogP contribution in [0.1, 0.15) is 49.0 Å². The second-order valence-electron chi connectivity index (χ2n) is 7.79. The summed E-state index contributed by atoms with van der Waals surface area (Å²) >= 11 is 0. The van der Waals surface area contributed by atoms with E-state index in [2.05, 4.69) is 10.6 Å². The topological polar surface area (TPSA) is 78.5 Å². The van der Waals surface area contributed by atoms with Crippen LogP contribution in [-0.4, -0.2) is 29.2 Å². The number of anilines is 2. The first-order valence-electron chi connectivity index (χ1n) is 9.98. The zero-order valence-corrected chi connectivity index (χ0v) is 16.9. The lowest BCUT2D eigenvalue weighted by Gasteiger charge is -2.15. The van der Waals surface area contributed by atoms with Crippen LogP contribution in [0.5, 0.6) is 0 Å². The second kappa shape index (κ2) is 9.37. The molecule has 29 heavy (non-hydrogen) atoms. The molecule has 1 heterocycles. The van der Waals surface area contributed by atoms with E-state index in [0.29, 0.717) is 42.2 Å². The molecule has 0 spiro atoms. The summed E-state index contributed by atoms with van der Waals surface area (Å²) in [5.74, 6) is 0.268. The normalized spacial score (nSPS) is 13.6. The van der Waals surface area contributed by atoms with Gasteiger partial charge in [-0.3, -0.25) is 14.4 Å². The van der Waals surface area contributed by atoms with E-state index in [4.69, 9.17) is 0 Å². The molecule has 0 unspecified atom stereocenters. The number of rotatable bonds is 7. The Labute approximate surface area is 171 Å². The minimum atomic E-state index is -0.203. The third-order valence-corrected chi connectivity index (χ3v) is 4.78. The lowest BCUT2D eigenvalue weighted by Crippen LogP contribution is -2.23. The number of hydrogen-bond acceptors (Lipinski definition) is 3. The van der Waals surface area contributed by atoms with Crippen molar-refractivity contribution in [3.63, 3.8) is 0 Å². The average molecular weight is 393 g/mol. The van der Waals surface area contributed by atoms with E-state index in [1.54, 1.807) is 36.4 Å². The van der Waals surface area contributed by atoms with Gasteiger partial charge in [-0.15, -0.1) is 0 Å². The van der Waals surface area contributed by atoms with E-state index in [1.165, 1.54) is 0 Å². The monoisotopic (exact) mass is 393 g/mol. The molecule has 6 nitrogen and oxygen atoms in total. The van der Waals surface area contributed by atoms with Crippen molar-refractivity contribution >= 4 is 29.1 Å². The smallest absolute Gasteiger partial charge is 0.255 e. The Bertz CT molecular complexity index is 873. The van der Waals surface area contributed by atoms with Crippen LogP contribution in [0.25, 0.3) is 0 Å². The van der Waals surface area contributed by atoms with Gasteiger partial charge < -0.3 is 15.5 Å². The molecule has 0 saturated carbocycles. The Morgan fingerprint density at radius 2 is 1.59 bits per heavy atom. The third-order valence-electron chi connectivity index (χ3n) is 4.78. The Morgan fingerprint density at radius 3 is 2.14 bits per heavy atom. The van der Waals surface area contributed by atoms with Crippen molar-refractivity contribution in [1.29, 1.82) is 0 Å². The maximum Gasteiger partial charge on any atom is 0.255 e. The molecule has 0 aliphatic carbocycles. The Balaban J connectivity index is 1.54. The zero-order chi connectivity index (χ0) is 20.8. The van der Waals surface area contributed by atoms with Crippen molar-refractivity contribution in [2.45, 2.75) is 39.7 Å². The van der Waals surface area contributed by atoms with Gasteiger partial charge in [0.2, 0.25) is 11.8 Å². The first-order chi connectivity index (χ1) is 13.9. The van der Waals surface area contributed by atoms with Crippen molar-refractivity contribution in [3.05, 3.63) is 59.7 Å². The van der Waals surface area contributed by atoms with Gasteiger partial charge in [0.25, 0.3) is 5.91 Å². The van der Waals surface area contributed by atoms with E-state index in [1.807, 2.05) is 30.9 Å². The van der Waals surface area contributed by atoms with Gasteiger partial charge in [0.05, 0.1) is 0 Å². The number of likely N-dealkylation sites (tertiary alicyclic amines) is 1. The predicted octanol–water partition coefficient (Wildman–Crippen LogP) is 4.05. The summed E-state index contributed by atoms with van der Waals surface area (Å²) < 4.78 is 0. The molecule has 0 aromatic heterocycles. The van der Waals surface area contributed by atoms with Crippen molar-refractivity contribution < 1.29 is 14.4 Å². The van der Waals surface area contributed by atoms with Crippen molar-refractivity contribution in [2.24, 2.45) is 5.92 Å². The van der Waals surface area contributed by atoms with E-state index >= 15 is 0 Å². The van der Waals surface area contributed by atoms with Crippen LogP contribution in [0.2, 0.25) is 0 Å². The van der Waals surface area contributed by atoms with Crippen LogP contribution in [0.4, 0.5) is 11.4 Å². The first kappa shape index (κ1) is 20.6. The molecule has 1 saturated heterocycles. The maximum atomic E-state index is 12.5. The Kier molecular flexibility index (Phi) is 6.65. The van der Waals surface area contributed by atoms with Crippen LogP contribution in [0.15, 0.2) is 48.5 Å². The summed E-state index contributed by atoms with van der Waals surface area (Å²) in [6.07, 6.45) is 2.01. The summed E-state index contributed by atoms with van der Waals surface area (Å²) in [7, 11) is 0. The van der Waals surface area contributed by atoms with E-state index in [-0.39, 0.29) is 17.7 Å². The number of nitrogens with one attached hydrogen (secondary N) is 2. The van der Waals surface area contributed by atoms with E-state index < -0.39 is 0 Å². The number of carbonyl (C=O) groups excluding carboxylic acids is 3. The molecule has 3 rings (SSSR count). The van der Waals surface area contributed by atoms with Gasteiger partial charge in [-0.05, 0) is 54.3 Å². The van der Waals surface area contributed by atoms with Crippen molar-refractivity contribution in [3.8, 4) is 0 Å². The molecule has 0 radical (unpaired) electrons. The molecular weight excluding hydrogens is 366 g/mol. The maximum absolute atomic E-state index is 12.5. The SMILES string of the molecule is CC(C)CC(=O)Nc1ccc(NC(=O)c2ccc(CN3CCCC3=O)cc2)cc1. The second-order valence-corrected chi connectivity index (χ2v) is 7.79. The van der Waals surface area contributed by atoms with E-state index in [9.17, 15) is 14.4 Å². The van der Waals surface area contributed by atoms with Crippen LogP contribution in [0.3, 0.4) is 0 Å². The van der Waals surface area contributed by atoms with Crippen molar-refractivity contribution in [1.82, 2.24) is 4.90 Å². The van der Waals surface area contributed by atoms with Gasteiger partial charge in [-0.1, -0.05) is 26.0 Å². The molecule has 3 amide bonds. The fourth-order valence-corrected chi connectivity index (χ4v) is 3.28. The predicted molar refractivity (Wildman–Crippen MR) is 114 cm³/mol. The number of hydrogen-bond donors (Lipinski definition) is 2. The molecule has 1 aliphatic heterocycles. The van der Waals surface area contributed by atoms with Gasteiger partial charge in [0, 0.05) is 42.9 Å². The molecule has 152 valence electrons. The van der Waals surface area contributed by atoms with Crippen LogP contribution in [0, 0.1) is 5.92 Å². The highest BCUT2D eigenvalue weighted by Crippen LogP contribution is 2.17. The Hall–Kier alpha value is -3.15. The number of carbonyl (C=O) groups is 3. The quantitative estimate of drug-likeness (QED) is 0.745. The third kappa shape index (κ3) is 5.91. The lowest BCUT2D eigenvalue weighted by atomic mass is 10.1. The van der Waals surface area contributed by atoms with Gasteiger partial charge in [-0.2, -0.15) is 0 Å². The van der Waals surface area contributed by atoms with Crippen LogP contribution < -0.4 is 10.6 Å². The number of amides is 3. The first-order valence-corrected chi connectivity index (χ1v) is 9.98. The van der Waals surface area contributed by atoms with Crippen LogP contribution >= 0.6 is 0 Å². The average Bonchev–Trinajstić information content (AvgIpc) is 3.08. The van der Waals surface area contributed by atoms with Gasteiger partial charge in [-0.25, -0.2) is 0 Å². The zero-order valence-electron chi connectivity index (χ0n) is 16.9. The highest BCUT2D eigenvalue weighted by atomic mass is 16.2. The fraction of sp³-hybridized carbons (Fsp3) is 0.348.